The molecule has 8 heteroatoms. The monoisotopic (exact) mass is 382 g/mol. The van der Waals surface area contributed by atoms with Gasteiger partial charge in [0.1, 0.15) is 17.6 Å². The average molecular weight is 382 g/mol. The van der Waals surface area contributed by atoms with E-state index in [4.69, 9.17) is 4.74 Å². The Morgan fingerprint density at radius 1 is 1.44 bits per heavy atom. The maximum atomic E-state index is 13.5. The fourth-order valence-electron chi connectivity index (χ4n) is 2.26. The number of hydrogen-bond donors (Lipinski definition) is 1. The van der Waals surface area contributed by atoms with Crippen molar-refractivity contribution < 1.29 is 18.7 Å². The molecule has 1 aromatic heterocycles. The molecule has 0 aliphatic carbocycles. The molecule has 25 heavy (non-hydrogen) atoms. The second-order valence-corrected chi connectivity index (χ2v) is 7.44. The van der Waals surface area contributed by atoms with Crippen molar-refractivity contribution in [2.75, 3.05) is 19.1 Å². The molecule has 134 valence electrons. The lowest BCUT2D eigenvalue weighted by atomic mass is 10.1. The number of aryl methyl sites for hydroxylation is 1. The molecule has 2 aromatic rings. The van der Waals surface area contributed by atoms with Crippen molar-refractivity contribution >= 4 is 35.0 Å². The van der Waals surface area contributed by atoms with E-state index in [0.717, 1.165) is 0 Å². The fourth-order valence-corrected chi connectivity index (χ4v) is 3.64. The third-order valence-corrected chi connectivity index (χ3v) is 5.10. The highest BCUT2D eigenvalue weighted by Gasteiger charge is 2.25. The summed E-state index contributed by atoms with van der Waals surface area (Å²) >= 11 is 2.88. The van der Waals surface area contributed by atoms with Crippen molar-refractivity contribution in [1.29, 1.82) is 0 Å². The molecular weight excluding hydrogens is 363 g/mol. The van der Waals surface area contributed by atoms with Gasteiger partial charge in [-0.25, -0.2) is 14.2 Å². The molecule has 1 heterocycles. The Bertz CT molecular complexity index is 764. The molecule has 0 spiro atoms. The molecule has 1 amide bonds. The van der Waals surface area contributed by atoms with Crippen LogP contribution in [0.25, 0.3) is 10.4 Å². The average Bonchev–Trinajstić information content (AvgIpc) is 2.99. The Morgan fingerprint density at radius 3 is 2.84 bits per heavy atom. The number of nitrogens with one attached hydrogen (secondary N) is 1. The number of thiazole rings is 1. The Balaban J connectivity index is 2.28. The maximum Gasteiger partial charge on any atom is 0.328 e. The van der Waals surface area contributed by atoms with Crippen LogP contribution in [0.2, 0.25) is 0 Å². The molecule has 0 radical (unpaired) electrons. The van der Waals surface area contributed by atoms with Crippen molar-refractivity contribution in [2.45, 2.75) is 19.4 Å². The molecule has 2 rings (SSSR count). The number of rotatable bonds is 7. The zero-order valence-corrected chi connectivity index (χ0v) is 15.8. The quantitative estimate of drug-likeness (QED) is 0.745. The van der Waals surface area contributed by atoms with Gasteiger partial charge in [-0.05, 0) is 43.0 Å². The number of halogens is 1. The molecule has 0 saturated carbocycles. The molecule has 0 aliphatic rings. The van der Waals surface area contributed by atoms with Crippen LogP contribution in [0.15, 0.2) is 24.3 Å². The largest absolute Gasteiger partial charge is 0.467 e. The van der Waals surface area contributed by atoms with Gasteiger partial charge >= 0.3 is 5.97 Å². The van der Waals surface area contributed by atoms with Crippen LogP contribution in [0, 0.1) is 12.7 Å². The van der Waals surface area contributed by atoms with E-state index >= 15 is 0 Å². The van der Waals surface area contributed by atoms with Crippen molar-refractivity contribution in [3.05, 3.63) is 40.8 Å². The van der Waals surface area contributed by atoms with Crippen LogP contribution in [0.3, 0.4) is 0 Å². The van der Waals surface area contributed by atoms with Crippen molar-refractivity contribution in [3.8, 4) is 10.4 Å². The van der Waals surface area contributed by atoms with E-state index in [-0.39, 0.29) is 11.5 Å². The van der Waals surface area contributed by atoms with Crippen LogP contribution in [0.4, 0.5) is 4.39 Å². The third-order valence-electron chi connectivity index (χ3n) is 3.44. The number of nitrogens with zero attached hydrogens (tertiary/aromatic N) is 1. The van der Waals surface area contributed by atoms with E-state index < -0.39 is 17.9 Å². The van der Waals surface area contributed by atoms with Gasteiger partial charge < -0.3 is 10.1 Å². The van der Waals surface area contributed by atoms with Gasteiger partial charge in [0.25, 0.3) is 5.91 Å². The van der Waals surface area contributed by atoms with Crippen LogP contribution >= 0.6 is 23.1 Å². The first kappa shape index (κ1) is 19.4. The number of ether oxygens (including phenoxy) is 1. The summed E-state index contributed by atoms with van der Waals surface area (Å²) in [5, 5.41) is 3.36. The number of benzene rings is 1. The zero-order chi connectivity index (χ0) is 18.4. The number of carbonyl (C=O) groups excluding carboxylic acids is 2. The molecule has 1 atom stereocenters. The highest BCUT2D eigenvalue weighted by molar-refractivity contribution is 7.98. The first-order valence-corrected chi connectivity index (χ1v) is 9.78. The highest BCUT2D eigenvalue weighted by atomic mass is 32.2. The number of amides is 1. The van der Waals surface area contributed by atoms with Gasteiger partial charge in [0.2, 0.25) is 0 Å². The maximum absolute atomic E-state index is 13.5. The zero-order valence-electron chi connectivity index (χ0n) is 14.2. The number of thioether (sulfide) groups is 1. The van der Waals surface area contributed by atoms with Crippen LogP contribution in [-0.4, -0.2) is 42.0 Å². The second-order valence-electron chi connectivity index (χ2n) is 5.25. The lowest BCUT2D eigenvalue weighted by Gasteiger charge is -2.15. The normalized spacial score (nSPS) is 11.8. The molecule has 0 fully saturated rings. The minimum absolute atomic E-state index is 0.186. The predicted octanol–water partition coefficient (Wildman–Crippen LogP) is 3.28. The highest BCUT2D eigenvalue weighted by Crippen LogP contribution is 2.30. The van der Waals surface area contributed by atoms with E-state index in [2.05, 4.69) is 10.3 Å². The van der Waals surface area contributed by atoms with Crippen molar-refractivity contribution in [3.63, 3.8) is 0 Å². The van der Waals surface area contributed by atoms with Crippen molar-refractivity contribution in [1.82, 2.24) is 10.3 Å². The number of carbonyl (C=O) groups is 2. The van der Waals surface area contributed by atoms with Crippen LogP contribution in [-0.2, 0) is 9.53 Å². The van der Waals surface area contributed by atoms with E-state index in [9.17, 15) is 14.0 Å². The summed E-state index contributed by atoms with van der Waals surface area (Å²) in [7, 11) is 1.28. The summed E-state index contributed by atoms with van der Waals surface area (Å²) in [6.45, 7) is 1.77. The minimum Gasteiger partial charge on any atom is -0.467 e. The lowest BCUT2D eigenvalue weighted by Crippen LogP contribution is -2.42. The fraction of sp³-hybridized carbons (Fsp3) is 0.353. The summed E-state index contributed by atoms with van der Waals surface area (Å²) in [5.74, 6) is -0.656. The number of hydrogen-bond acceptors (Lipinski definition) is 6. The van der Waals surface area contributed by atoms with E-state index in [1.807, 2.05) is 6.26 Å². The van der Waals surface area contributed by atoms with Crippen LogP contribution in [0.1, 0.15) is 21.9 Å². The Hall–Kier alpha value is -1.93. The lowest BCUT2D eigenvalue weighted by molar-refractivity contribution is -0.142. The minimum atomic E-state index is -0.743. The first-order valence-electron chi connectivity index (χ1n) is 7.57. The standard InChI is InChI=1S/C17H19FN2O3S2/c1-10-19-14(15(25-10)11-5-4-6-12(18)9-11)16(21)20-13(7-8-24-3)17(22)23-2/h4-6,9,13H,7-8H2,1-3H3,(H,20,21)/t13-/m1/s1. The van der Waals surface area contributed by atoms with Gasteiger partial charge in [-0.2, -0.15) is 11.8 Å². The number of aromatic nitrogens is 1. The third kappa shape index (κ3) is 5.02. The number of esters is 1. The summed E-state index contributed by atoms with van der Waals surface area (Å²) < 4.78 is 18.3. The predicted molar refractivity (Wildman–Crippen MR) is 98.5 cm³/mol. The molecule has 0 bridgehead atoms. The summed E-state index contributed by atoms with van der Waals surface area (Å²) in [6.07, 6.45) is 2.38. The van der Waals surface area contributed by atoms with E-state index in [0.29, 0.717) is 27.6 Å². The molecule has 5 nitrogen and oxygen atoms in total. The Labute approximate surface area is 154 Å². The molecule has 1 N–H and O–H groups in total. The van der Waals surface area contributed by atoms with E-state index in [1.165, 1.54) is 30.6 Å². The first-order chi connectivity index (χ1) is 12.0. The van der Waals surface area contributed by atoms with Gasteiger partial charge in [0, 0.05) is 0 Å². The van der Waals surface area contributed by atoms with Gasteiger partial charge in [0.05, 0.1) is 17.0 Å². The molecule has 1 aromatic carbocycles. The van der Waals surface area contributed by atoms with Gasteiger partial charge in [-0.1, -0.05) is 12.1 Å². The molecule has 0 unspecified atom stereocenters. The molecule has 0 saturated heterocycles. The van der Waals surface area contributed by atoms with Gasteiger partial charge in [-0.15, -0.1) is 11.3 Å². The smallest absolute Gasteiger partial charge is 0.328 e. The summed E-state index contributed by atoms with van der Waals surface area (Å²) in [6, 6.07) is 5.25. The van der Waals surface area contributed by atoms with Gasteiger partial charge in [0.15, 0.2) is 0 Å². The van der Waals surface area contributed by atoms with E-state index in [1.54, 1.807) is 30.8 Å². The van der Waals surface area contributed by atoms with Crippen LogP contribution < -0.4 is 5.32 Å². The van der Waals surface area contributed by atoms with Gasteiger partial charge in [-0.3, -0.25) is 4.79 Å². The summed E-state index contributed by atoms with van der Waals surface area (Å²) in [5.41, 5.74) is 0.764. The second kappa shape index (κ2) is 8.96. The molecular formula is C17H19FN2O3S2. The molecule has 0 aliphatic heterocycles. The van der Waals surface area contributed by atoms with Crippen molar-refractivity contribution in [2.24, 2.45) is 0 Å². The Morgan fingerprint density at radius 2 is 2.20 bits per heavy atom. The number of methoxy groups -OCH3 is 1. The SMILES string of the molecule is COC(=O)[C@@H](CCSC)NC(=O)c1nc(C)sc1-c1cccc(F)c1. The topological polar surface area (TPSA) is 68.3 Å². The van der Waals surface area contributed by atoms with Crippen LogP contribution in [0.5, 0.6) is 0 Å². The Kier molecular flexibility index (Phi) is 6.95. The summed E-state index contributed by atoms with van der Waals surface area (Å²) in [4.78, 5) is 29.4.